The molecule has 26 heavy (non-hydrogen) atoms. The van der Waals surface area contributed by atoms with Gasteiger partial charge in [-0.05, 0) is 37.3 Å². The molecule has 136 valence electrons. The van der Waals surface area contributed by atoms with Crippen molar-refractivity contribution < 1.29 is 9.90 Å². The van der Waals surface area contributed by atoms with Crippen LogP contribution >= 0.6 is 0 Å². The topological polar surface area (TPSA) is 84.5 Å². The minimum atomic E-state index is -0.266. The first-order valence-electron chi connectivity index (χ1n) is 8.89. The number of amides is 1. The van der Waals surface area contributed by atoms with Gasteiger partial charge in [0.2, 0.25) is 5.91 Å². The van der Waals surface area contributed by atoms with E-state index in [4.69, 9.17) is 0 Å². The summed E-state index contributed by atoms with van der Waals surface area (Å²) < 4.78 is 3.69. The van der Waals surface area contributed by atoms with Gasteiger partial charge in [0.15, 0.2) is 0 Å². The van der Waals surface area contributed by atoms with Gasteiger partial charge in [-0.25, -0.2) is 4.98 Å². The van der Waals surface area contributed by atoms with E-state index in [-0.39, 0.29) is 30.4 Å². The molecule has 4 rings (SSSR count). The van der Waals surface area contributed by atoms with Crippen molar-refractivity contribution in [2.24, 2.45) is 13.0 Å². The third kappa shape index (κ3) is 3.10. The predicted octanol–water partition coefficient (Wildman–Crippen LogP) is 1.55. The van der Waals surface area contributed by atoms with Crippen LogP contribution in [0.3, 0.4) is 0 Å². The van der Waals surface area contributed by atoms with E-state index in [1.165, 1.54) is 0 Å². The molecular formula is C19H23N5O2. The number of hydrogen-bond acceptors (Lipinski definition) is 4. The van der Waals surface area contributed by atoms with Crippen molar-refractivity contribution >= 4 is 11.6 Å². The highest BCUT2D eigenvalue weighted by Gasteiger charge is 2.36. The molecule has 1 aliphatic rings. The summed E-state index contributed by atoms with van der Waals surface area (Å²) in [5, 5.41) is 17.0. The van der Waals surface area contributed by atoms with Gasteiger partial charge in [0, 0.05) is 31.2 Å². The lowest BCUT2D eigenvalue weighted by atomic mass is 9.75. The van der Waals surface area contributed by atoms with Crippen molar-refractivity contribution in [3.05, 3.63) is 53.7 Å². The molecule has 1 saturated carbocycles. The van der Waals surface area contributed by atoms with Crippen LogP contribution in [0.25, 0.3) is 5.65 Å². The Labute approximate surface area is 151 Å². The molecule has 7 nitrogen and oxygen atoms in total. The highest BCUT2D eigenvalue weighted by Crippen LogP contribution is 2.38. The molecule has 3 aromatic heterocycles. The van der Waals surface area contributed by atoms with Crippen molar-refractivity contribution in [3.8, 4) is 0 Å². The van der Waals surface area contributed by atoms with E-state index in [1.54, 1.807) is 17.1 Å². The quantitative estimate of drug-likeness (QED) is 0.729. The molecule has 1 amide bonds. The minimum Gasteiger partial charge on any atom is -0.393 e. The summed E-state index contributed by atoms with van der Waals surface area (Å²) >= 11 is 0. The maximum absolute atomic E-state index is 12.7. The number of rotatable bonds is 5. The number of aryl methyl sites for hydroxylation is 2. The maximum atomic E-state index is 12.7. The average molecular weight is 353 g/mol. The molecular weight excluding hydrogens is 330 g/mol. The molecule has 0 spiro atoms. The lowest BCUT2D eigenvalue weighted by molar-refractivity contribution is -0.122. The van der Waals surface area contributed by atoms with E-state index < -0.39 is 0 Å². The molecule has 0 radical (unpaired) electrons. The summed E-state index contributed by atoms with van der Waals surface area (Å²) in [5.74, 6) is 0.186. The zero-order valence-corrected chi connectivity index (χ0v) is 15.0. The number of nitrogens with zero attached hydrogens (tertiary/aromatic N) is 4. The van der Waals surface area contributed by atoms with Crippen LogP contribution in [0.4, 0.5) is 0 Å². The van der Waals surface area contributed by atoms with Gasteiger partial charge in [-0.15, -0.1) is 0 Å². The molecule has 2 N–H and O–H groups in total. The molecule has 0 saturated heterocycles. The number of carbonyl (C=O) groups is 1. The van der Waals surface area contributed by atoms with Crippen LogP contribution in [-0.2, 0) is 18.3 Å². The van der Waals surface area contributed by atoms with Gasteiger partial charge >= 0.3 is 0 Å². The van der Waals surface area contributed by atoms with Crippen LogP contribution in [0.2, 0.25) is 0 Å². The Morgan fingerprint density at radius 1 is 1.42 bits per heavy atom. The third-order valence-electron chi connectivity index (χ3n) is 5.17. The maximum Gasteiger partial charge on any atom is 0.226 e. The number of carbonyl (C=O) groups excluding carboxylic acids is 1. The number of hydrogen-bond donors (Lipinski definition) is 2. The summed E-state index contributed by atoms with van der Waals surface area (Å²) in [6.45, 7) is 2.01. The first kappa shape index (κ1) is 16.8. The summed E-state index contributed by atoms with van der Waals surface area (Å²) in [6, 6.07) is 3.84. The molecule has 1 atom stereocenters. The fourth-order valence-electron chi connectivity index (χ4n) is 3.70. The number of pyridine rings is 1. The monoisotopic (exact) mass is 353 g/mol. The van der Waals surface area contributed by atoms with Gasteiger partial charge in [0.25, 0.3) is 0 Å². The van der Waals surface area contributed by atoms with E-state index in [2.05, 4.69) is 15.4 Å². The third-order valence-corrected chi connectivity index (χ3v) is 5.17. The van der Waals surface area contributed by atoms with E-state index in [0.717, 1.165) is 22.5 Å². The second kappa shape index (κ2) is 6.57. The van der Waals surface area contributed by atoms with Crippen LogP contribution in [0, 0.1) is 12.8 Å². The van der Waals surface area contributed by atoms with Crippen molar-refractivity contribution in [1.29, 1.82) is 0 Å². The van der Waals surface area contributed by atoms with Crippen LogP contribution in [0.5, 0.6) is 0 Å². The van der Waals surface area contributed by atoms with Gasteiger partial charge in [0.05, 0.1) is 30.5 Å². The fourth-order valence-corrected chi connectivity index (χ4v) is 3.70. The lowest BCUT2D eigenvalue weighted by Gasteiger charge is -2.37. The molecule has 0 unspecified atom stereocenters. The van der Waals surface area contributed by atoms with Crippen LogP contribution < -0.4 is 5.32 Å². The number of fused-ring (bicyclic) bond motifs is 1. The Hall–Kier alpha value is -2.67. The number of aromatic nitrogens is 4. The molecule has 0 aliphatic heterocycles. The van der Waals surface area contributed by atoms with Crippen molar-refractivity contribution in [3.63, 3.8) is 0 Å². The Bertz CT molecular complexity index is 938. The number of aliphatic hydroxyl groups excluding tert-OH is 1. The van der Waals surface area contributed by atoms with Crippen molar-refractivity contribution in [2.75, 3.05) is 0 Å². The SMILES string of the molecule is Cc1cccn2c(CC(=O)N[C@H](c3cnn(C)c3)C3CC(O)C3)cnc12. The second-order valence-corrected chi connectivity index (χ2v) is 7.19. The molecule has 1 fully saturated rings. The van der Waals surface area contributed by atoms with E-state index in [0.29, 0.717) is 12.8 Å². The van der Waals surface area contributed by atoms with Gasteiger partial charge in [-0.3, -0.25) is 9.48 Å². The first-order valence-corrected chi connectivity index (χ1v) is 8.89. The van der Waals surface area contributed by atoms with Gasteiger partial charge in [-0.2, -0.15) is 5.10 Å². The van der Waals surface area contributed by atoms with Crippen molar-refractivity contribution in [1.82, 2.24) is 24.5 Å². The van der Waals surface area contributed by atoms with E-state index >= 15 is 0 Å². The van der Waals surface area contributed by atoms with Crippen LogP contribution in [0.15, 0.2) is 36.9 Å². The first-order chi connectivity index (χ1) is 12.5. The second-order valence-electron chi connectivity index (χ2n) is 7.19. The Morgan fingerprint density at radius 3 is 2.92 bits per heavy atom. The Balaban J connectivity index is 1.52. The zero-order chi connectivity index (χ0) is 18.3. The van der Waals surface area contributed by atoms with Gasteiger partial charge in [-0.1, -0.05) is 6.07 Å². The van der Waals surface area contributed by atoms with Gasteiger partial charge in [0.1, 0.15) is 5.65 Å². The summed E-state index contributed by atoms with van der Waals surface area (Å²) in [7, 11) is 1.86. The minimum absolute atomic E-state index is 0.0523. The summed E-state index contributed by atoms with van der Waals surface area (Å²) in [5.41, 5.74) is 3.79. The van der Waals surface area contributed by atoms with Crippen LogP contribution in [0.1, 0.15) is 35.7 Å². The highest BCUT2D eigenvalue weighted by molar-refractivity contribution is 5.79. The average Bonchev–Trinajstić information content (AvgIpc) is 3.18. The smallest absolute Gasteiger partial charge is 0.226 e. The lowest BCUT2D eigenvalue weighted by Crippen LogP contribution is -2.41. The zero-order valence-electron chi connectivity index (χ0n) is 15.0. The molecule has 7 heteroatoms. The predicted molar refractivity (Wildman–Crippen MR) is 96.5 cm³/mol. The Kier molecular flexibility index (Phi) is 4.24. The van der Waals surface area contributed by atoms with Crippen LogP contribution in [-0.4, -0.2) is 36.3 Å². The summed E-state index contributed by atoms with van der Waals surface area (Å²) in [4.78, 5) is 17.1. The molecule has 1 aliphatic carbocycles. The van der Waals surface area contributed by atoms with Gasteiger partial charge < -0.3 is 14.8 Å². The normalized spacial score (nSPS) is 20.7. The largest absolute Gasteiger partial charge is 0.393 e. The number of aliphatic hydroxyl groups is 1. The standard InChI is InChI=1S/C19H23N5O2/c1-12-4-3-5-24-15(10-20-19(12)24)8-17(26)22-18(13-6-16(25)7-13)14-9-21-23(2)11-14/h3-5,9-11,13,16,18,25H,6-8H2,1-2H3,(H,22,26)/t13?,16?,18-/m0/s1. The van der Waals surface area contributed by atoms with E-state index in [9.17, 15) is 9.90 Å². The number of nitrogens with one attached hydrogen (secondary N) is 1. The number of imidazole rings is 1. The Morgan fingerprint density at radius 2 is 2.23 bits per heavy atom. The molecule has 3 heterocycles. The molecule has 0 aromatic carbocycles. The fraction of sp³-hybridized carbons (Fsp3) is 0.421. The van der Waals surface area contributed by atoms with E-state index in [1.807, 2.05) is 42.9 Å². The highest BCUT2D eigenvalue weighted by atomic mass is 16.3. The van der Waals surface area contributed by atoms with Crippen molar-refractivity contribution in [2.45, 2.75) is 38.3 Å². The molecule has 0 bridgehead atoms. The summed E-state index contributed by atoms with van der Waals surface area (Å²) in [6.07, 6.45) is 8.80. The molecule has 3 aromatic rings.